The van der Waals surface area contributed by atoms with Crippen molar-refractivity contribution in [2.45, 2.75) is 30.3 Å². The van der Waals surface area contributed by atoms with Crippen molar-refractivity contribution in [1.29, 1.82) is 0 Å². The van der Waals surface area contributed by atoms with Crippen LogP contribution in [0.3, 0.4) is 0 Å². The maximum atomic E-state index is 13.4. The molecule has 1 aliphatic heterocycles. The van der Waals surface area contributed by atoms with E-state index in [0.29, 0.717) is 40.7 Å². The molecule has 1 saturated heterocycles. The molecule has 4 rings (SSSR count). The summed E-state index contributed by atoms with van der Waals surface area (Å²) in [5.41, 5.74) is 0.880. The molecule has 1 aliphatic rings. The highest BCUT2D eigenvalue weighted by Gasteiger charge is 2.39. The average molecular weight is 556 g/mol. The number of ether oxygens (including phenoxy) is 2. The fraction of sp³-hybridized carbons (Fsp3) is 0.391. The Hall–Kier alpha value is -2.05. The SMILES string of the molecule is COc1cc2sc(=NC(=O)C3CCCN3S(=O)(=O)c3ccc(Cl)cc3)n(CCSC)c2cc1OC. The monoisotopic (exact) mass is 555 g/mol. The molecule has 0 N–H and O–H groups in total. The Morgan fingerprint density at radius 3 is 2.54 bits per heavy atom. The van der Waals surface area contributed by atoms with Gasteiger partial charge in [-0.1, -0.05) is 22.9 Å². The Balaban J connectivity index is 1.75. The van der Waals surface area contributed by atoms with Gasteiger partial charge in [0.15, 0.2) is 16.3 Å². The molecule has 2 heterocycles. The van der Waals surface area contributed by atoms with E-state index in [-0.39, 0.29) is 11.4 Å². The fourth-order valence-electron chi connectivity index (χ4n) is 4.07. The zero-order chi connectivity index (χ0) is 25.2. The number of nitrogens with zero attached hydrogens (tertiary/aromatic N) is 3. The van der Waals surface area contributed by atoms with Crippen LogP contribution in [-0.2, 0) is 21.4 Å². The third kappa shape index (κ3) is 5.24. The first kappa shape index (κ1) is 26.0. The Labute approximate surface area is 217 Å². The molecule has 188 valence electrons. The van der Waals surface area contributed by atoms with Crippen molar-refractivity contribution in [2.75, 3.05) is 32.8 Å². The van der Waals surface area contributed by atoms with Gasteiger partial charge in [0.05, 0.1) is 29.3 Å². The molecule has 1 fully saturated rings. The maximum Gasteiger partial charge on any atom is 0.266 e. The number of methoxy groups -OCH3 is 2. The molecule has 0 bridgehead atoms. The van der Waals surface area contributed by atoms with Gasteiger partial charge >= 0.3 is 0 Å². The largest absolute Gasteiger partial charge is 0.493 e. The van der Waals surface area contributed by atoms with Crippen molar-refractivity contribution in [3.05, 3.63) is 46.2 Å². The van der Waals surface area contributed by atoms with Crippen LogP contribution in [0, 0.1) is 0 Å². The van der Waals surface area contributed by atoms with Gasteiger partial charge in [-0.05, 0) is 43.4 Å². The van der Waals surface area contributed by atoms with E-state index in [4.69, 9.17) is 21.1 Å². The van der Waals surface area contributed by atoms with Crippen LogP contribution >= 0.6 is 34.7 Å². The minimum absolute atomic E-state index is 0.109. The molecule has 1 aromatic heterocycles. The van der Waals surface area contributed by atoms with Gasteiger partial charge in [0.1, 0.15) is 6.04 Å². The van der Waals surface area contributed by atoms with Gasteiger partial charge in [0.2, 0.25) is 10.0 Å². The highest BCUT2D eigenvalue weighted by molar-refractivity contribution is 7.98. The quantitative estimate of drug-likeness (QED) is 0.417. The van der Waals surface area contributed by atoms with E-state index in [1.54, 1.807) is 26.0 Å². The first-order valence-corrected chi connectivity index (χ1v) is 14.9. The van der Waals surface area contributed by atoms with Crippen LogP contribution < -0.4 is 14.3 Å². The highest BCUT2D eigenvalue weighted by atomic mass is 35.5. The minimum Gasteiger partial charge on any atom is -0.493 e. The van der Waals surface area contributed by atoms with Crippen LogP contribution in [-0.4, -0.2) is 62.0 Å². The van der Waals surface area contributed by atoms with Gasteiger partial charge in [-0.3, -0.25) is 4.79 Å². The number of hydrogen-bond acceptors (Lipinski definition) is 7. The van der Waals surface area contributed by atoms with E-state index in [1.165, 1.54) is 39.9 Å². The molecule has 0 saturated carbocycles. The van der Waals surface area contributed by atoms with Crippen LogP contribution in [0.5, 0.6) is 11.5 Å². The average Bonchev–Trinajstić information content (AvgIpc) is 3.47. The predicted molar refractivity (Wildman–Crippen MR) is 140 cm³/mol. The van der Waals surface area contributed by atoms with E-state index in [9.17, 15) is 13.2 Å². The number of thiazole rings is 1. The van der Waals surface area contributed by atoms with Crippen LogP contribution in [0.15, 0.2) is 46.3 Å². The number of sulfonamides is 1. The lowest BCUT2D eigenvalue weighted by atomic mass is 10.2. The Bertz CT molecular complexity index is 1400. The molecule has 1 amide bonds. The normalized spacial score (nSPS) is 17.3. The molecule has 0 spiro atoms. The van der Waals surface area contributed by atoms with Crippen LogP contribution in [0.1, 0.15) is 12.8 Å². The molecule has 8 nitrogen and oxygen atoms in total. The molecule has 2 aromatic carbocycles. The summed E-state index contributed by atoms with van der Waals surface area (Å²) in [4.78, 5) is 18.4. The summed E-state index contributed by atoms with van der Waals surface area (Å²) >= 11 is 8.97. The van der Waals surface area contributed by atoms with Gasteiger partial charge in [-0.2, -0.15) is 21.1 Å². The summed E-state index contributed by atoms with van der Waals surface area (Å²) < 4.78 is 41.5. The Morgan fingerprint density at radius 2 is 1.89 bits per heavy atom. The third-order valence-corrected chi connectivity index (χ3v) is 9.63. The molecule has 35 heavy (non-hydrogen) atoms. The van der Waals surface area contributed by atoms with Gasteiger partial charge in [-0.25, -0.2) is 8.42 Å². The summed E-state index contributed by atoms with van der Waals surface area (Å²) in [5, 5.41) is 0.445. The lowest BCUT2D eigenvalue weighted by molar-refractivity contribution is -0.121. The standard InChI is InChI=1S/C23H26ClN3O5S3/c1-31-19-13-18-21(14-20(19)32-2)34-23(26(18)11-12-33-3)25-22(28)17-5-4-10-27(17)35(29,30)16-8-6-15(24)7-9-16/h6-9,13-14,17H,4-5,10-12H2,1-3H3. The molecule has 12 heteroatoms. The number of amides is 1. The van der Waals surface area contributed by atoms with Crippen molar-refractivity contribution in [3.63, 3.8) is 0 Å². The molecule has 0 radical (unpaired) electrons. The zero-order valence-electron chi connectivity index (χ0n) is 19.6. The second kappa shape index (κ2) is 10.9. The Kier molecular flexibility index (Phi) is 8.12. The number of rotatable bonds is 8. The lowest BCUT2D eigenvalue weighted by Crippen LogP contribution is -2.40. The topological polar surface area (TPSA) is 90.2 Å². The summed E-state index contributed by atoms with van der Waals surface area (Å²) in [7, 11) is -0.705. The van der Waals surface area contributed by atoms with Crippen LogP contribution in [0.25, 0.3) is 10.2 Å². The number of benzene rings is 2. The van der Waals surface area contributed by atoms with Crippen molar-refractivity contribution < 1.29 is 22.7 Å². The number of carbonyl (C=O) groups excluding carboxylic acids is 1. The molecule has 0 aliphatic carbocycles. The zero-order valence-corrected chi connectivity index (χ0v) is 22.8. The van der Waals surface area contributed by atoms with E-state index in [2.05, 4.69) is 4.99 Å². The van der Waals surface area contributed by atoms with E-state index in [1.807, 2.05) is 23.0 Å². The second-order valence-corrected chi connectivity index (χ2v) is 12.2. The molecular formula is C23H26ClN3O5S3. The maximum absolute atomic E-state index is 13.4. The first-order chi connectivity index (χ1) is 16.8. The van der Waals surface area contributed by atoms with Crippen LogP contribution in [0.4, 0.5) is 0 Å². The minimum atomic E-state index is -3.85. The first-order valence-electron chi connectivity index (χ1n) is 10.9. The van der Waals surface area contributed by atoms with Crippen molar-refractivity contribution in [2.24, 2.45) is 4.99 Å². The number of aryl methyl sites for hydroxylation is 1. The van der Waals surface area contributed by atoms with Crippen molar-refractivity contribution in [1.82, 2.24) is 8.87 Å². The van der Waals surface area contributed by atoms with Gasteiger partial charge in [0.25, 0.3) is 5.91 Å². The molecular weight excluding hydrogens is 530 g/mol. The van der Waals surface area contributed by atoms with E-state index in [0.717, 1.165) is 16.0 Å². The molecule has 1 atom stereocenters. The van der Waals surface area contributed by atoms with E-state index < -0.39 is 22.0 Å². The predicted octanol–water partition coefficient (Wildman–Crippen LogP) is 4.02. The number of hydrogen-bond donors (Lipinski definition) is 0. The number of thioether (sulfide) groups is 1. The van der Waals surface area contributed by atoms with E-state index >= 15 is 0 Å². The number of aromatic nitrogens is 1. The summed E-state index contributed by atoms with van der Waals surface area (Å²) in [6.07, 6.45) is 3.03. The number of carbonyl (C=O) groups is 1. The van der Waals surface area contributed by atoms with Crippen molar-refractivity contribution >= 4 is 60.8 Å². The summed E-state index contributed by atoms with van der Waals surface area (Å²) in [6, 6.07) is 8.86. The summed E-state index contributed by atoms with van der Waals surface area (Å²) in [5.74, 6) is 1.53. The smallest absolute Gasteiger partial charge is 0.266 e. The second-order valence-electron chi connectivity index (χ2n) is 7.88. The highest BCUT2D eigenvalue weighted by Crippen LogP contribution is 2.34. The Morgan fingerprint density at radius 1 is 1.20 bits per heavy atom. The van der Waals surface area contributed by atoms with Gasteiger partial charge in [-0.15, -0.1) is 0 Å². The molecule has 1 unspecified atom stereocenters. The number of halogens is 1. The lowest BCUT2D eigenvalue weighted by Gasteiger charge is -2.21. The van der Waals surface area contributed by atoms with Gasteiger partial charge < -0.3 is 14.0 Å². The van der Waals surface area contributed by atoms with Gasteiger partial charge in [0, 0.05) is 36.0 Å². The molecule has 3 aromatic rings. The van der Waals surface area contributed by atoms with Crippen LogP contribution in [0.2, 0.25) is 5.02 Å². The fourth-order valence-corrected chi connectivity index (χ4v) is 7.28. The van der Waals surface area contributed by atoms with Crippen molar-refractivity contribution in [3.8, 4) is 11.5 Å². The third-order valence-electron chi connectivity index (χ3n) is 5.82. The number of fused-ring (bicyclic) bond motifs is 1. The summed E-state index contributed by atoms with van der Waals surface area (Å²) in [6.45, 7) is 0.907.